The Hall–Kier alpha value is -3.05. The number of rotatable bonds is 6. The fourth-order valence-electron chi connectivity index (χ4n) is 3.34. The van der Waals surface area contributed by atoms with Gasteiger partial charge in [0.2, 0.25) is 0 Å². The second-order valence-corrected chi connectivity index (χ2v) is 7.15. The first-order chi connectivity index (χ1) is 13.9. The highest BCUT2D eigenvalue weighted by molar-refractivity contribution is 6.30. The predicted molar refractivity (Wildman–Crippen MR) is 112 cm³/mol. The molecule has 6 heteroatoms. The minimum Gasteiger partial charge on any atom is -0.467 e. The van der Waals surface area contributed by atoms with Gasteiger partial charge in [0.25, 0.3) is 5.91 Å². The summed E-state index contributed by atoms with van der Waals surface area (Å²) in [6.07, 6.45) is 0.325. The molecule has 0 aliphatic carbocycles. The Labute approximate surface area is 174 Å². The van der Waals surface area contributed by atoms with E-state index in [0.29, 0.717) is 34.1 Å². The predicted octanol–water partition coefficient (Wildman–Crippen LogP) is 4.73. The Morgan fingerprint density at radius 3 is 2.31 bits per heavy atom. The van der Waals surface area contributed by atoms with Gasteiger partial charge in [0.05, 0.1) is 12.7 Å². The maximum absolute atomic E-state index is 13.2. The minimum absolute atomic E-state index is 0.325. The number of benzene rings is 2. The van der Waals surface area contributed by atoms with E-state index >= 15 is 0 Å². The van der Waals surface area contributed by atoms with Crippen molar-refractivity contribution >= 4 is 23.5 Å². The van der Waals surface area contributed by atoms with Gasteiger partial charge in [-0.3, -0.25) is 4.79 Å². The van der Waals surface area contributed by atoms with Crippen LogP contribution in [0.25, 0.3) is 11.1 Å². The van der Waals surface area contributed by atoms with Crippen LogP contribution in [0.4, 0.5) is 0 Å². The molecule has 29 heavy (non-hydrogen) atoms. The number of carbonyl (C=O) groups is 2. The van der Waals surface area contributed by atoms with Gasteiger partial charge in [-0.15, -0.1) is 0 Å². The Bertz CT molecular complexity index is 1010. The number of amides is 1. The highest BCUT2D eigenvalue weighted by Gasteiger charge is 2.28. The third-order valence-electron chi connectivity index (χ3n) is 4.69. The minimum atomic E-state index is -0.817. The normalized spacial score (nSPS) is 11.7. The number of methoxy groups -OCH3 is 1. The number of hydrogen-bond donors (Lipinski definition) is 1. The first-order valence-corrected chi connectivity index (χ1v) is 9.57. The van der Waals surface area contributed by atoms with Crippen LogP contribution in [0.3, 0.4) is 0 Å². The van der Waals surface area contributed by atoms with E-state index in [1.165, 1.54) is 7.11 Å². The summed E-state index contributed by atoms with van der Waals surface area (Å²) >= 11 is 5.99. The van der Waals surface area contributed by atoms with Gasteiger partial charge in [-0.05, 0) is 37.1 Å². The zero-order valence-electron chi connectivity index (χ0n) is 16.5. The van der Waals surface area contributed by atoms with E-state index in [2.05, 4.69) is 5.32 Å². The maximum atomic E-state index is 13.2. The van der Waals surface area contributed by atoms with Gasteiger partial charge in [-0.25, -0.2) is 4.79 Å². The van der Waals surface area contributed by atoms with E-state index < -0.39 is 17.9 Å². The van der Waals surface area contributed by atoms with Crippen molar-refractivity contribution in [3.63, 3.8) is 0 Å². The molecule has 0 saturated carbocycles. The number of esters is 1. The van der Waals surface area contributed by atoms with Gasteiger partial charge in [0.1, 0.15) is 17.6 Å². The molecule has 1 unspecified atom stereocenters. The molecule has 1 aromatic heterocycles. The Kier molecular flexibility index (Phi) is 6.39. The molecule has 2 aromatic carbocycles. The van der Waals surface area contributed by atoms with E-state index in [4.69, 9.17) is 20.8 Å². The first kappa shape index (κ1) is 20.7. The molecule has 0 saturated heterocycles. The topological polar surface area (TPSA) is 68.5 Å². The summed E-state index contributed by atoms with van der Waals surface area (Å²) < 4.78 is 10.6. The van der Waals surface area contributed by atoms with Crippen LogP contribution < -0.4 is 5.32 Å². The largest absolute Gasteiger partial charge is 0.467 e. The molecule has 0 bridgehead atoms. The van der Waals surface area contributed by atoms with Crippen LogP contribution in [-0.2, 0) is 16.0 Å². The van der Waals surface area contributed by atoms with Gasteiger partial charge >= 0.3 is 5.97 Å². The molecule has 0 fully saturated rings. The van der Waals surface area contributed by atoms with Crippen LogP contribution in [0.1, 0.15) is 27.4 Å². The molecule has 150 valence electrons. The van der Waals surface area contributed by atoms with Gasteiger partial charge < -0.3 is 14.5 Å². The summed E-state index contributed by atoms with van der Waals surface area (Å²) in [5.74, 6) is 0.199. The first-order valence-electron chi connectivity index (χ1n) is 9.19. The summed E-state index contributed by atoms with van der Waals surface area (Å²) in [4.78, 5) is 25.4. The average Bonchev–Trinajstić information content (AvgIpc) is 3.02. The fourth-order valence-corrected chi connectivity index (χ4v) is 3.46. The molecule has 0 spiro atoms. The number of ether oxygens (including phenoxy) is 1. The SMILES string of the molecule is COC(=O)C(Cc1ccccc1)NC(=O)c1c(C)oc(C)c1-c1ccc(Cl)cc1. The van der Waals surface area contributed by atoms with E-state index in [9.17, 15) is 9.59 Å². The second-order valence-electron chi connectivity index (χ2n) is 6.71. The molecule has 5 nitrogen and oxygen atoms in total. The van der Waals surface area contributed by atoms with Crippen molar-refractivity contribution in [3.05, 3.63) is 82.3 Å². The summed E-state index contributed by atoms with van der Waals surface area (Å²) in [7, 11) is 1.30. The zero-order valence-corrected chi connectivity index (χ0v) is 17.2. The monoisotopic (exact) mass is 411 g/mol. The molecule has 1 heterocycles. The van der Waals surface area contributed by atoms with E-state index in [1.807, 2.05) is 42.5 Å². The number of carbonyl (C=O) groups excluding carboxylic acids is 2. The molecule has 0 aliphatic rings. The lowest BCUT2D eigenvalue weighted by Crippen LogP contribution is -2.43. The van der Waals surface area contributed by atoms with Crippen molar-refractivity contribution in [2.75, 3.05) is 7.11 Å². The van der Waals surface area contributed by atoms with E-state index in [-0.39, 0.29) is 0 Å². The van der Waals surface area contributed by atoms with E-state index in [0.717, 1.165) is 11.1 Å². The lowest BCUT2D eigenvalue weighted by atomic mass is 9.99. The fraction of sp³-hybridized carbons (Fsp3) is 0.217. The number of furan rings is 1. The summed E-state index contributed by atoms with van der Waals surface area (Å²) in [5, 5.41) is 3.41. The lowest BCUT2D eigenvalue weighted by Gasteiger charge is -2.17. The number of aryl methyl sites for hydroxylation is 2. The molecule has 3 rings (SSSR count). The van der Waals surface area contributed by atoms with Crippen LogP contribution in [0.15, 0.2) is 59.0 Å². The number of nitrogens with one attached hydrogen (secondary N) is 1. The van der Waals surface area contributed by atoms with Crippen molar-refractivity contribution in [2.45, 2.75) is 26.3 Å². The summed E-state index contributed by atoms with van der Waals surface area (Å²) in [6, 6.07) is 15.8. The zero-order chi connectivity index (χ0) is 21.0. The van der Waals surface area contributed by atoms with Crippen molar-refractivity contribution < 1.29 is 18.7 Å². The summed E-state index contributed by atoms with van der Waals surface area (Å²) in [6.45, 7) is 3.53. The summed E-state index contributed by atoms with van der Waals surface area (Å²) in [5.41, 5.74) is 2.81. The molecular weight excluding hydrogens is 390 g/mol. The molecule has 0 radical (unpaired) electrons. The van der Waals surface area contributed by atoms with Crippen molar-refractivity contribution in [1.82, 2.24) is 5.32 Å². The lowest BCUT2D eigenvalue weighted by molar-refractivity contribution is -0.142. The average molecular weight is 412 g/mol. The highest BCUT2D eigenvalue weighted by atomic mass is 35.5. The third kappa shape index (κ3) is 4.69. The highest BCUT2D eigenvalue weighted by Crippen LogP contribution is 2.33. The van der Waals surface area contributed by atoms with Crippen LogP contribution in [0, 0.1) is 13.8 Å². The molecule has 3 aromatic rings. The third-order valence-corrected chi connectivity index (χ3v) is 4.95. The van der Waals surface area contributed by atoms with Gasteiger partial charge in [0, 0.05) is 17.0 Å². The van der Waals surface area contributed by atoms with Crippen LogP contribution in [-0.4, -0.2) is 25.0 Å². The molecule has 1 amide bonds. The number of hydrogen-bond acceptors (Lipinski definition) is 4. The van der Waals surface area contributed by atoms with Crippen LogP contribution >= 0.6 is 11.6 Å². The standard InChI is InChI=1S/C23H22ClNO4/c1-14-20(17-9-11-18(24)12-10-17)21(15(2)29-14)22(26)25-19(23(27)28-3)13-16-7-5-4-6-8-16/h4-12,19H,13H2,1-3H3,(H,25,26). The van der Waals surface area contributed by atoms with Crippen molar-refractivity contribution in [3.8, 4) is 11.1 Å². The molecule has 0 aliphatic heterocycles. The van der Waals surface area contributed by atoms with Crippen LogP contribution in [0.5, 0.6) is 0 Å². The smallest absolute Gasteiger partial charge is 0.328 e. The molecular formula is C23H22ClNO4. The Morgan fingerprint density at radius 1 is 1.03 bits per heavy atom. The second kappa shape index (κ2) is 8.97. The Morgan fingerprint density at radius 2 is 1.69 bits per heavy atom. The molecule has 1 atom stereocenters. The Balaban J connectivity index is 1.92. The quantitative estimate of drug-likeness (QED) is 0.595. The van der Waals surface area contributed by atoms with Gasteiger partial charge in [0.15, 0.2) is 0 Å². The van der Waals surface area contributed by atoms with Gasteiger partial charge in [-0.1, -0.05) is 54.1 Å². The van der Waals surface area contributed by atoms with E-state index in [1.54, 1.807) is 26.0 Å². The number of halogens is 1. The van der Waals surface area contributed by atoms with Crippen molar-refractivity contribution in [2.24, 2.45) is 0 Å². The van der Waals surface area contributed by atoms with Gasteiger partial charge in [-0.2, -0.15) is 0 Å². The molecule has 1 N–H and O–H groups in total. The van der Waals surface area contributed by atoms with Crippen LogP contribution in [0.2, 0.25) is 5.02 Å². The maximum Gasteiger partial charge on any atom is 0.328 e. The van der Waals surface area contributed by atoms with Crippen molar-refractivity contribution in [1.29, 1.82) is 0 Å².